The maximum absolute atomic E-state index is 13.2. The second-order valence-corrected chi connectivity index (χ2v) is 10.1. The van der Waals surface area contributed by atoms with Gasteiger partial charge in [-0.15, -0.1) is 11.8 Å². The molecule has 0 spiro atoms. The number of fused-ring (bicyclic) bond motifs is 1. The van der Waals surface area contributed by atoms with Gasteiger partial charge in [-0.25, -0.2) is 4.98 Å². The van der Waals surface area contributed by atoms with E-state index in [1.54, 1.807) is 34.3 Å². The van der Waals surface area contributed by atoms with Crippen LogP contribution in [0.2, 0.25) is 5.02 Å². The lowest BCUT2D eigenvalue weighted by molar-refractivity contribution is -0.118. The number of rotatable bonds is 8. The van der Waals surface area contributed by atoms with Crippen molar-refractivity contribution in [3.8, 4) is 0 Å². The smallest absolute Gasteiger partial charge is 0.230 e. The number of thioether (sulfide) groups is 1. The number of nitrogens with zero attached hydrogens (tertiary/aromatic N) is 2. The summed E-state index contributed by atoms with van der Waals surface area (Å²) in [6, 6.07) is 17.6. The molecule has 1 amide bonds. The normalized spacial score (nSPS) is 11.4. The zero-order valence-corrected chi connectivity index (χ0v) is 19.8. The van der Waals surface area contributed by atoms with Gasteiger partial charge in [0, 0.05) is 22.1 Å². The van der Waals surface area contributed by atoms with Crippen molar-refractivity contribution in [2.45, 2.75) is 37.6 Å². The lowest BCUT2D eigenvalue weighted by Crippen LogP contribution is -2.30. The molecule has 2 aromatic heterocycles. The second kappa shape index (κ2) is 9.90. The summed E-state index contributed by atoms with van der Waals surface area (Å²) >= 11 is 9.14. The van der Waals surface area contributed by atoms with Crippen LogP contribution >= 0.6 is 34.7 Å². The molecule has 2 heterocycles. The van der Waals surface area contributed by atoms with Crippen molar-refractivity contribution < 1.29 is 9.21 Å². The predicted octanol–water partition coefficient (Wildman–Crippen LogP) is 7.38. The van der Waals surface area contributed by atoms with Crippen LogP contribution in [-0.4, -0.2) is 16.6 Å². The van der Waals surface area contributed by atoms with Gasteiger partial charge in [-0.1, -0.05) is 48.9 Å². The summed E-state index contributed by atoms with van der Waals surface area (Å²) in [5.41, 5.74) is 2.17. The van der Waals surface area contributed by atoms with Crippen molar-refractivity contribution in [2.24, 2.45) is 0 Å². The average molecular weight is 471 g/mol. The molecule has 0 radical (unpaired) electrons. The number of aromatic nitrogens is 1. The molecule has 2 aromatic carbocycles. The number of para-hydroxylation sites is 1. The molecular weight excluding hydrogens is 448 g/mol. The average Bonchev–Trinajstić information content (AvgIpc) is 3.42. The van der Waals surface area contributed by atoms with Crippen LogP contribution in [0.1, 0.15) is 37.5 Å². The Morgan fingerprint density at radius 3 is 2.68 bits per heavy atom. The first-order valence-corrected chi connectivity index (χ1v) is 12.3. The minimum Gasteiger partial charge on any atom is -0.467 e. The van der Waals surface area contributed by atoms with Crippen molar-refractivity contribution in [3.63, 3.8) is 0 Å². The Morgan fingerprint density at radius 2 is 1.97 bits per heavy atom. The molecule has 0 aliphatic rings. The van der Waals surface area contributed by atoms with E-state index in [9.17, 15) is 4.79 Å². The third-order valence-electron chi connectivity index (χ3n) is 4.89. The second-order valence-electron chi connectivity index (χ2n) is 7.46. The Kier molecular flexibility index (Phi) is 7.00. The maximum Gasteiger partial charge on any atom is 0.230 e. The van der Waals surface area contributed by atoms with Crippen molar-refractivity contribution in [2.75, 3.05) is 10.7 Å². The van der Waals surface area contributed by atoms with Gasteiger partial charge in [0.25, 0.3) is 0 Å². The molecule has 0 fully saturated rings. The molecule has 0 N–H and O–H groups in total. The van der Waals surface area contributed by atoms with Crippen LogP contribution < -0.4 is 4.90 Å². The van der Waals surface area contributed by atoms with Gasteiger partial charge in [-0.05, 0) is 53.9 Å². The Balaban J connectivity index is 1.55. The van der Waals surface area contributed by atoms with Gasteiger partial charge in [0.2, 0.25) is 5.91 Å². The van der Waals surface area contributed by atoms with Crippen molar-refractivity contribution in [1.29, 1.82) is 0 Å². The largest absolute Gasteiger partial charge is 0.467 e. The Hall–Kier alpha value is -2.28. The monoisotopic (exact) mass is 470 g/mol. The fraction of sp³-hybridized carbons (Fsp3) is 0.250. The van der Waals surface area contributed by atoms with Crippen LogP contribution in [0.25, 0.3) is 10.2 Å². The molecule has 0 saturated carbocycles. The van der Waals surface area contributed by atoms with Crippen molar-refractivity contribution in [3.05, 3.63) is 77.2 Å². The van der Waals surface area contributed by atoms with Gasteiger partial charge in [-0.2, -0.15) is 0 Å². The van der Waals surface area contributed by atoms with Crippen LogP contribution in [0.4, 0.5) is 5.13 Å². The summed E-state index contributed by atoms with van der Waals surface area (Å²) in [6.07, 6.45) is 2.03. The van der Waals surface area contributed by atoms with E-state index in [0.29, 0.717) is 34.8 Å². The standard InChI is InChI=1S/C24H23ClN2O2S2/c1-16(2)20-6-3-7-21-23(20)26-24(31-21)27(15-18-5-4-13-29-18)22(28)12-14-30-19-10-8-17(25)9-11-19/h3-11,13,16H,12,14-15H2,1-2H3. The van der Waals surface area contributed by atoms with E-state index in [2.05, 4.69) is 32.0 Å². The zero-order valence-electron chi connectivity index (χ0n) is 17.4. The number of hydrogen-bond donors (Lipinski definition) is 0. The molecule has 0 atom stereocenters. The van der Waals surface area contributed by atoms with Crippen LogP contribution in [0, 0.1) is 0 Å². The van der Waals surface area contributed by atoms with E-state index in [0.717, 1.165) is 20.9 Å². The summed E-state index contributed by atoms with van der Waals surface area (Å²) in [5, 5.41) is 1.42. The van der Waals surface area contributed by atoms with Gasteiger partial charge in [-0.3, -0.25) is 9.69 Å². The molecule has 4 aromatic rings. The summed E-state index contributed by atoms with van der Waals surface area (Å²) in [6.45, 7) is 4.69. The number of halogens is 1. The minimum atomic E-state index is 0.0306. The molecular formula is C24H23ClN2O2S2. The number of amides is 1. The Morgan fingerprint density at radius 1 is 1.16 bits per heavy atom. The maximum atomic E-state index is 13.2. The third kappa shape index (κ3) is 5.32. The van der Waals surface area contributed by atoms with Crippen LogP contribution in [-0.2, 0) is 11.3 Å². The number of carbonyl (C=O) groups is 1. The lowest BCUT2D eigenvalue weighted by atomic mass is 10.0. The molecule has 4 rings (SSSR count). The van der Waals surface area contributed by atoms with Crippen LogP contribution in [0.15, 0.2) is 70.2 Å². The molecule has 0 aliphatic carbocycles. The highest BCUT2D eigenvalue weighted by molar-refractivity contribution is 7.99. The van der Waals surface area contributed by atoms with Crippen molar-refractivity contribution >= 4 is 56.0 Å². The first-order valence-electron chi connectivity index (χ1n) is 10.1. The third-order valence-corrected chi connectivity index (χ3v) is 7.19. The highest BCUT2D eigenvalue weighted by Gasteiger charge is 2.22. The van der Waals surface area contributed by atoms with E-state index in [-0.39, 0.29) is 5.91 Å². The van der Waals surface area contributed by atoms with E-state index >= 15 is 0 Å². The topological polar surface area (TPSA) is 46.3 Å². The van der Waals surface area contributed by atoms with E-state index in [1.165, 1.54) is 5.56 Å². The van der Waals surface area contributed by atoms with Gasteiger partial charge in [0.15, 0.2) is 5.13 Å². The number of furan rings is 1. The number of hydrogen-bond acceptors (Lipinski definition) is 5. The lowest BCUT2D eigenvalue weighted by Gasteiger charge is -2.18. The van der Waals surface area contributed by atoms with Crippen LogP contribution in [0.3, 0.4) is 0 Å². The molecule has 4 nitrogen and oxygen atoms in total. The first-order chi connectivity index (χ1) is 15.0. The zero-order chi connectivity index (χ0) is 21.8. The SMILES string of the molecule is CC(C)c1cccc2sc(N(Cc3ccco3)C(=O)CCSc3ccc(Cl)cc3)nc12. The molecule has 31 heavy (non-hydrogen) atoms. The van der Waals surface area contributed by atoms with Gasteiger partial charge < -0.3 is 4.42 Å². The fourth-order valence-electron chi connectivity index (χ4n) is 3.28. The summed E-state index contributed by atoms with van der Waals surface area (Å²) in [4.78, 5) is 20.9. The number of carbonyl (C=O) groups excluding carboxylic acids is 1. The fourth-order valence-corrected chi connectivity index (χ4v) is 5.27. The molecule has 0 bridgehead atoms. The Bertz CT molecular complexity index is 1150. The summed E-state index contributed by atoms with van der Waals surface area (Å²) in [5.74, 6) is 1.81. The van der Waals surface area contributed by atoms with Gasteiger partial charge in [0.1, 0.15) is 5.76 Å². The summed E-state index contributed by atoms with van der Waals surface area (Å²) < 4.78 is 6.61. The van der Waals surface area contributed by atoms with Crippen molar-refractivity contribution in [1.82, 2.24) is 4.98 Å². The quantitative estimate of drug-likeness (QED) is 0.252. The highest BCUT2D eigenvalue weighted by atomic mass is 35.5. The molecule has 0 saturated heterocycles. The molecule has 160 valence electrons. The molecule has 7 heteroatoms. The van der Waals surface area contributed by atoms with Gasteiger partial charge >= 0.3 is 0 Å². The number of benzene rings is 2. The molecule has 0 aliphatic heterocycles. The summed E-state index contributed by atoms with van der Waals surface area (Å²) in [7, 11) is 0. The molecule has 0 unspecified atom stereocenters. The number of anilines is 1. The Labute approximate surface area is 195 Å². The van der Waals surface area contributed by atoms with E-state index in [4.69, 9.17) is 21.0 Å². The minimum absolute atomic E-state index is 0.0306. The van der Waals surface area contributed by atoms with E-state index in [1.807, 2.05) is 36.4 Å². The van der Waals surface area contributed by atoms with Crippen LogP contribution in [0.5, 0.6) is 0 Å². The number of thiazole rings is 1. The van der Waals surface area contributed by atoms with Gasteiger partial charge in [0.05, 0.1) is 23.0 Å². The predicted molar refractivity (Wildman–Crippen MR) is 130 cm³/mol. The van der Waals surface area contributed by atoms with E-state index < -0.39 is 0 Å². The first kappa shape index (κ1) is 21.9. The highest BCUT2D eigenvalue weighted by Crippen LogP contribution is 2.34.